The van der Waals surface area contributed by atoms with Gasteiger partial charge in [-0.2, -0.15) is 0 Å². The molecule has 0 heterocycles. The molecule has 0 bridgehead atoms. The molecule has 1 rings (SSSR count). The van der Waals surface area contributed by atoms with E-state index < -0.39 is 44.7 Å². The van der Waals surface area contributed by atoms with Crippen LogP contribution >= 0.6 is 7.82 Å². The highest BCUT2D eigenvalue weighted by molar-refractivity contribution is 7.45. The van der Waals surface area contributed by atoms with Gasteiger partial charge in [-0.3, -0.25) is 18.9 Å². The SMILES string of the molecule is CCCC/C=C\CCCCCCCC(=O)OC[C@H](COP(=O)([O-])OCC[N+](C)(C)C)OC(=O)CCCCCC[C@H]1C(=O)C[C@@H](O)[C@@H]1/C=C/[C@@H](O)CCCCC. The third kappa shape index (κ3) is 27.4. The quantitative estimate of drug-likeness (QED) is 0.0217. The number of phosphoric ester groups is 1. The van der Waals surface area contributed by atoms with Crippen LogP contribution in [0.4, 0.5) is 0 Å². The molecular weight excluding hydrogens is 725 g/mol. The smallest absolute Gasteiger partial charge is 0.306 e. The summed E-state index contributed by atoms with van der Waals surface area (Å²) < 4.78 is 33.8. The molecular formula is C42H76NO11P. The van der Waals surface area contributed by atoms with E-state index in [1.807, 2.05) is 27.2 Å². The maximum Gasteiger partial charge on any atom is 0.306 e. The third-order valence-electron chi connectivity index (χ3n) is 9.84. The average Bonchev–Trinajstić information content (AvgIpc) is 3.39. The Bertz CT molecular complexity index is 1150. The topological polar surface area (TPSA) is 169 Å². The number of rotatable bonds is 34. The lowest BCUT2D eigenvalue weighted by Gasteiger charge is -2.28. The first kappa shape index (κ1) is 51.1. The Labute approximate surface area is 332 Å². The molecule has 320 valence electrons. The van der Waals surface area contributed by atoms with Gasteiger partial charge < -0.3 is 38.1 Å². The van der Waals surface area contributed by atoms with Crippen LogP contribution in [0.15, 0.2) is 24.3 Å². The first-order valence-electron chi connectivity index (χ1n) is 21.1. The number of hydrogen-bond donors (Lipinski definition) is 2. The molecule has 1 unspecified atom stereocenters. The number of Topliss-reactive ketones (excluding diaryl/α,β-unsaturated/α-hetero) is 1. The summed E-state index contributed by atoms with van der Waals surface area (Å²) in [5.41, 5.74) is 0. The van der Waals surface area contributed by atoms with Crippen LogP contribution in [-0.4, -0.2) is 98.2 Å². The van der Waals surface area contributed by atoms with Crippen LogP contribution in [0, 0.1) is 11.8 Å². The van der Waals surface area contributed by atoms with Crippen LogP contribution < -0.4 is 4.89 Å². The molecule has 0 aromatic carbocycles. The van der Waals surface area contributed by atoms with Gasteiger partial charge in [0.2, 0.25) is 0 Å². The lowest BCUT2D eigenvalue weighted by atomic mass is 9.88. The van der Waals surface area contributed by atoms with Crippen LogP contribution in [0.3, 0.4) is 0 Å². The minimum Gasteiger partial charge on any atom is -0.756 e. The van der Waals surface area contributed by atoms with Crippen molar-refractivity contribution in [3.63, 3.8) is 0 Å². The summed E-state index contributed by atoms with van der Waals surface area (Å²) in [7, 11) is 1.01. The Hall–Kier alpha value is -1.92. The van der Waals surface area contributed by atoms with Crippen molar-refractivity contribution >= 4 is 25.5 Å². The zero-order valence-electron chi connectivity index (χ0n) is 34.8. The summed E-state index contributed by atoms with van der Waals surface area (Å²) in [4.78, 5) is 50.2. The zero-order chi connectivity index (χ0) is 41.0. The number of phosphoric acid groups is 1. The van der Waals surface area contributed by atoms with E-state index in [-0.39, 0.29) is 50.1 Å². The second kappa shape index (κ2) is 30.2. The predicted molar refractivity (Wildman–Crippen MR) is 214 cm³/mol. The molecule has 1 fully saturated rings. The van der Waals surface area contributed by atoms with Crippen molar-refractivity contribution in [2.24, 2.45) is 11.8 Å². The summed E-state index contributed by atoms with van der Waals surface area (Å²) in [6, 6.07) is 0. The Balaban J connectivity index is 2.52. The number of quaternary nitrogens is 1. The number of unbranched alkanes of at least 4 members (excludes halogenated alkanes) is 12. The number of hydrogen-bond acceptors (Lipinski definition) is 11. The number of esters is 2. The Kier molecular flexibility index (Phi) is 28.1. The van der Waals surface area contributed by atoms with E-state index in [1.165, 1.54) is 12.8 Å². The van der Waals surface area contributed by atoms with Gasteiger partial charge in [0.25, 0.3) is 7.82 Å². The first-order valence-corrected chi connectivity index (χ1v) is 22.6. The van der Waals surface area contributed by atoms with Crippen molar-refractivity contribution in [1.82, 2.24) is 0 Å². The van der Waals surface area contributed by atoms with Gasteiger partial charge in [-0.25, -0.2) is 0 Å². The van der Waals surface area contributed by atoms with Gasteiger partial charge in [-0.15, -0.1) is 0 Å². The molecule has 0 amide bonds. The van der Waals surface area contributed by atoms with Crippen LogP contribution in [0.1, 0.15) is 149 Å². The van der Waals surface area contributed by atoms with Gasteiger partial charge in [0.05, 0.1) is 40.0 Å². The number of carbonyl (C=O) groups is 3. The number of likely N-dealkylation sites (N-methyl/N-ethyl adjacent to an activating group) is 1. The van der Waals surface area contributed by atoms with Crippen LogP contribution in [0.25, 0.3) is 0 Å². The Morgan fingerprint density at radius 1 is 0.855 bits per heavy atom. The summed E-state index contributed by atoms with van der Waals surface area (Å²) in [5.74, 6) is -1.56. The molecule has 2 N–H and O–H groups in total. The minimum atomic E-state index is -4.69. The summed E-state index contributed by atoms with van der Waals surface area (Å²) in [6.07, 6.45) is 22.5. The molecule has 1 aliphatic rings. The highest BCUT2D eigenvalue weighted by atomic mass is 31.2. The second-order valence-corrected chi connectivity index (χ2v) is 17.5. The van der Waals surface area contributed by atoms with Gasteiger partial charge in [0.1, 0.15) is 25.5 Å². The van der Waals surface area contributed by atoms with Crippen molar-refractivity contribution < 1.29 is 57.1 Å². The largest absolute Gasteiger partial charge is 0.756 e. The molecule has 1 saturated carbocycles. The molecule has 0 aromatic heterocycles. The minimum absolute atomic E-state index is 0.0400. The molecule has 55 heavy (non-hydrogen) atoms. The third-order valence-corrected chi connectivity index (χ3v) is 10.8. The van der Waals surface area contributed by atoms with E-state index in [1.54, 1.807) is 6.08 Å². The lowest BCUT2D eigenvalue weighted by molar-refractivity contribution is -0.870. The number of allylic oxidation sites excluding steroid dienone is 2. The molecule has 0 spiro atoms. The monoisotopic (exact) mass is 802 g/mol. The normalized spacial score (nSPS) is 19.9. The number of aliphatic hydroxyl groups excluding tert-OH is 2. The molecule has 13 heteroatoms. The average molecular weight is 802 g/mol. The van der Waals surface area contributed by atoms with E-state index >= 15 is 0 Å². The zero-order valence-corrected chi connectivity index (χ0v) is 35.7. The van der Waals surface area contributed by atoms with Crippen LogP contribution in [0.5, 0.6) is 0 Å². The van der Waals surface area contributed by atoms with Crippen LogP contribution in [-0.2, 0) is 37.5 Å². The molecule has 0 radical (unpaired) electrons. The fourth-order valence-corrected chi connectivity index (χ4v) is 7.14. The Morgan fingerprint density at radius 3 is 2.15 bits per heavy atom. The second-order valence-electron chi connectivity index (χ2n) is 16.1. The van der Waals surface area contributed by atoms with Gasteiger partial charge in [0.15, 0.2) is 6.10 Å². The maximum absolute atomic E-state index is 12.8. The van der Waals surface area contributed by atoms with Crippen molar-refractivity contribution in [1.29, 1.82) is 0 Å². The highest BCUT2D eigenvalue weighted by Gasteiger charge is 2.39. The molecule has 12 nitrogen and oxygen atoms in total. The van der Waals surface area contributed by atoms with Gasteiger partial charge in [-0.1, -0.05) is 109 Å². The first-order chi connectivity index (χ1) is 26.2. The number of ketones is 1. The van der Waals surface area contributed by atoms with E-state index in [2.05, 4.69) is 26.0 Å². The molecule has 6 atom stereocenters. The van der Waals surface area contributed by atoms with Crippen molar-refractivity contribution in [3.05, 3.63) is 24.3 Å². The summed E-state index contributed by atoms with van der Waals surface area (Å²) in [5, 5.41) is 20.7. The highest BCUT2D eigenvalue weighted by Crippen LogP contribution is 2.38. The van der Waals surface area contributed by atoms with Crippen molar-refractivity contribution in [3.8, 4) is 0 Å². The van der Waals surface area contributed by atoms with Crippen LogP contribution in [0.2, 0.25) is 0 Å². The van der Waals surface area contributed by atoms with Crippen molar-refractivity contribution in [2.45, 2.75) is 167 Å². The Morgan fingerprint density at radius 2 is 1.47 bits per heavy atom. The standard InChI is InChI=1S/C42H76NO11P/c1-6-8-10-11-12-13-14-15-16-17-22-26-41(47)51-33-36(34-53-55(49,50)52-31-30-43(3,4)5)54-42(48)27-23-19-18-21-25-37-38(40(46)32-39(37)45)29-28-35(44)24-20-9-7-2/h11-12,28-29,35-38,40,44,46H,6-10,13-27,30-34H2,1-5H3/b12-11-,29-28+/t35-,36+,37+,38+,40+/m0/s1. The van der Waals surface area contributed by atoms with Gasteiger partial charge >= 0.3 is 11.9 Å². The lowest BCUT2D eigenvalue weighted by Crippen LogP contribution is -2.37. The summed E-state index contributed by atoms with van der Waals surface area (Å²) in [6.45, 7) is 3.78. The fourth-order valence-electron chi connectivity index (χ4n) is 6.41. The molecule has 0 saturated heterocycles. The van der Waals surface area contributed by atoms with Gasteiger partial charge in [0, 0.05) is 31.1 Å². The number of carbonyl (C=O) groups excluding carboxylic acids is 3. The fraction of sp³-hybridized carbons (Fsp3) is 0.833. The number of nitrogens with zero attached hydrogens (tertiary/aromatic N) is 1. The number of aliphatic hydroxyl groups is 2. The van der Waals surface area contributed by atoms with E-state index in [0.717, 1.165) is 70.6 Å². The van der Waals surface area contributed by atoms with E-state index in [4.69, 9.17) is 18.5 Å². The molecule has 1 aliphatic carbocycles. The predicted octanol–water partition coefficient (Wildman–Crippen LogP) is 7.53. The van der Waals surface area contributed by atoms with Crippen molar-refractivity contribution in [2.75, 3.05) is 47.5 Å². The number of ether oxygens (including phenoxy) is 2. The van der Waals surface area contributed by atoms with E-state index in [0.29, 0.717) is 43.1 Å². The maximum atomic E-state index is 12.8. The van der Waals surface area contributed by atoms with Gasteiger partial charge in [-0.05, 0) is 44.9 Å². The molecule has 0 aliphatic heterocycles. The molecule has 0 aromatic rings. The van der Waals surface area contributed by atoms with E-state index in [9.17, 15) is 34.1 Å². The summed E-state index contributed by atoms with van der Waals surface area (Å²) >= 11 is 0.